The molecule has 2 N–H and O–H groups in total. The van der Waals surface area contributed by atoms with Gasteiger partial charge in [-0.05, 0) is 50.3 Å². The van der Waals surface area contributed by atoms with E-state index in [-0.39, 0.29) is 17.5 Å². The number of hydrogen-bond donors (Lipinski definition) is 1. The number of alkyl halides is 3. The number of benzene rings is 1. The Morgan fingerprint density at radius 3 is 2.52 bits per heavy atom. The second kappa shape index (κ2) is 9.11. The number of amides is 1. The monoisotopic (exact) mass is 402 g/mol. The topological polar surface area (TPSA) is 46.3 Å². The molecular weight excluding hydrogens is 377 g/mol. The zero-order valence-electron chi connectivity index (χ0n) is 15.7. The summed E-state index contributed by atoms with van der Waals surface area (Å²) in [5.41, 5.74) is 6.81. The van der Waals surface area contributed by atoms with Crippen LogP contribution >= 0.6 is 11.6 Å². The van der Waals surface area contributed by atoms with E-state index in [1.807, 2.05) is 0 Å². The fourth-order valence-electron chi connectivity index (χ4n) is 3.49. The van der Waals surface area contributed by atoms with Crippen LogP contribution in [0.3, 0.4) is 0 Å². The summed E-state index contributed by atoms with van der Waals surface area (Å²) in [6, 6.07) is 3.11. The Balaban J connectivity index is 1.99. The van der Waals surface area contributed by atoms with Crippen molar-refractivity contribution in [3.8, 4) is 0 Å². The molecule has 1 unspecified atom stereocenters. The largest absolute Gasteiger partial charge is 0.417 e. The lowest BCUT2D eigenvalue weighted by Crippen LogP contribution is -2.43. The van der Waals surface area contributed by atoms with Gasteiger partial charge >= 0.3 is 6.18 Å². The summed E-state index contributed by atoms with van der Waals surface area (Å²) in [6.07, 6.45) is 1.24. The number of halogens is 4. The highest BCUT2D eigenvalue weighted by Gasteiger charge is 2.34. The first-order chi connectivity index (χ1) is 12.6. The van der Waals surface area contributed by atoms with Crippen LogP contribution in [0, 0.1) is 5.92 Å². The van der Waals surface area contributed by atoms with Gasteiger partial charge in [0, 0.05) is 24.7 Å². The average Bonchev–Trinajstić information content (AvgIpc) is 2.60. The number of piperidine rings is 1. The van der Waals surface area contributed by atoms with Crippen molar-refractivity contribution < 1.29 is 18.0 Å². The van der Waals surface area contributed by atoms with Gasteiger partial charge in [0.25, 0.3) is 5.91 Å². The molecule has 2 rings (SSSR count). The summed E-state index contributed by atoms with van der Waals surface area (Å²) in [5.74, 6) is 0.00685. The van der Waals surface area contributed by atoms with Gasteiger partial charge in [-0.15, -0.1) is 0 Å². The van der Waals surface area contributed by atoms with Gasteiger partial charge < -0.3 is 10.6 Å². The van der Waals surface area contributed by atoms with Gasteiger partial charge in [0.2, 0.25) is 0 Å². The van der Waals surface area contributed by atoms with E-state index in [1.165, 1.54) is 11.6 Å². The van der Waals surface area contributed by atoms with Crippen LogP contribution in [0.4, 0.5) is 13.2 Å². The summed E-state index contributed by atoms with van der Waals surface area (Å²) in [6.45, 7) is 5.28. The van der Waals surface area contributed by atoms with Crippen molar-refractivity contribution in [1.29, 1.82) is 0 Å². The van der Waals surface area contributed by atoms with Crippen LogP contribution < -0.4 is 5.73 Å². The first kappa shape index (κ1) is 21.8. The van der Waals surface area contributed by atoms with Gasteiger partial charge in [0.1, 0.15) is 0 Å². The normalized spacial score (nSPS) is 17.9. The SMILES string of the molecule is CCC/C(C)=C\C(N)C1CCN(C(=O)c2ccc(C(F)(F)F)c(Cl)c2)CC1. The van der Waals surface area contributed by atoms with E-state index in [0.29, 0.717) is 19.0 Å². The zero-order valence-corrected chi connectivity index (χ0v) is 16.4. The molecule has 1 atom stereocenters. The Labute approximate surface area is 163 Å². The number of carbonyl (C=O) groups excluding carboxylic acids is 1. The number of hydrogen-bond acceptors (Lipinski definition) is 2. The van der Waals surface area contributed by atoms with Crippen molar-refractivity contribution in [3.63, 3.8) is 0 Å². The average molecular weight is 403 g/mol. The molecule has 27 heavy (non-hydrogen) atoms. The van der Waals surface area contributed by atoms with Crippen LogP contribution in [0.1, 0.15) is 55.5 Å². The molecule has 0 spiro atoms. The maximum Gasteiger partial charge on any atom is 0.417 e. The lowest BCUT2D eigenvalue weighted by atomic mass is 9.88. The van der Waals surface area contributed by atoms with Crippen molar-refractivity contribution in [1.82, 2.24) is 4.90 Å². The Kier molecular flexibility index (Phi) is 7.34. The Hall–Kier alpha value is -1.53. The van der Waals surface area contributed by atoms with Crippen molar-refractivity contribution >= 4 is 17.5 Å². The minimum absolute atomic E-state index is 0.0330. The number of likely N-dealkylation sites (tertiary alicyclic amines) is 1. The molecule has 0 bridgehead atoms. The third-order valence-corrected chi connectivity index (χ3v) is 5.33. The minimum atomic E-state index is -4.53. The summed E-state index contributed by atoms with van der Waals surface area (Å²) in [5, 5.41) is -0.457. The Morgan fingerprint density at radius 1 is 1.37 bits per heavy atom. The number of nitrogens with two attached hydrogens (primary N) is 1. The van der Waals surface area contributed by atoms with E-state index in [4.69, 9.17) is 17.3 Å². The molecule has 1 amide bonds. The van der Waals surface area contributed by atoms with Crippen LogP contribution in [0.5, 0.6) is 0 Å². The highest BCUT2D eigenvalue weighted by Crippen LogP contribution is 2.35. The van der Waals surface area contributed by atoms with Gasteiger partial charge in [0.05, 0.1) is 10.6 Å². The van der Waals surface area contributed by atoms with Crippen LogP contribution in [0.15, 0.2) is 29.8 Å². The van der Waals surface area contributed by atoms with Crippen molar-refractivity contribution in [2.24, 2.45) is 11.7 Å². The minimum Gasteiger partial charge on any atom is -0.339 e. The second-order valence-corrected chi connectivity index (χ2v) is 7.57. The molecule has 1 aromatic rings. The Morgan fingerprint density at radius 2 is 2.00 bits per heavy atom. The van der Waals surface area contributed by atoms with Gasteiger partial charge in [-0.25, -0.2) is 0 Å². The van der Waals surface area contributed by atoms with Crippen molar-refractivity contribution in [3.05, 3.63) is 46.0 Å². The summed E-state index contributed by atoms with van der Waals surface area (Å²) in [7, 11) is 0. The van der Waals surface area contributed by atoms with Crippen LogP contribution in [-0.2, 0) is 6.18 Å². The molecule has 0 aliphatic carbocycles. The molecule has 0 saturated carbocycles. The van der Waals surface area contributed by atoms with Gasteiger partial charge in [-0.2, -0.15) is 13.2 Å². The fraction of sp³-hybridized carbons (Fsp3) is 0.550. The first-order valence-electron chi connectivity index (χ1n) is 9.22. The molecule has 7 heteroatoms. The predicted octanol–water partition coefficient (Wildman–Crippen LogP) is 5.28. The summed E-state index contributed by atoms with van der Waals surface area (Å²) < 4.78 is 38.4. The molecule has 3 nitrogen and oxygen atoms in total. The summed E-state index contributed by atoms with van der Waals surface area (Å²) >= 11 is 5.72. The van der Waals surface area contributed by atoms with E-state index in [1.54, 1.807) is 4.90 Å². The third-order valence-electron chi connectivity index (χ3n) is 5.01. The first-order valence-corrected chi connectivity index (χ1v) is 9.60. The van der Waals surface area contributed by atoms with E-state index >= 15 is 0 Å². The van der Waals surface area contributed by atoms with Crippen LogP contribution in [0.2, 0.25) is 5.02 Å². The van der Waals surface area contributed by atoms with E-state index in [0.717, 1.165) is 37.8 Å². The van der Waals surface area contributed by atoms with E-state index in [2.05, 4.69) is 19.9 Å². The molecule has 1 heterocycles. The number of nitrogens with zero attached hydrogens (tertiary/aromatic N) is 1. The molecule has 0 aromatic heterocycles. The number of allylic oxidation sites excluding steroid dienone is 1. The van der Waals surface area contributed by atoms with E-state index in [9.17, 15) is 18.0 Å². The van der Waals surface area contributed by atoms with Crippen LogP contribution in [-0.4, -0.2) is 29.9 Å². The van der Waals surface area contributed by atoms with E-state index < -0.39 is 16.8 Å². The number of carbonyl (C=O) groups is 1. The van der Waals surface area contributed by atoms with Gasteiger partial charge in [0.15, 0.2) is 0 Å². The molecule has 1 fully saturated rings. The molecule has 1 saturated heterocycles. The maximum absolute atomic E-state index is 12.8. The molecule has 1 aliphatic heterocycles. The van der Waals surface area contributed by atoms with Crippen molar-refractivity contribution in [2.45, 2.75) is 51.7 Å². The van der Waals surface area contributed by atoms with Crippen LogP contribution in [0.25, 0.3) is 0 Å². The standard InChI is InChI=1S/C20H26ClF3N2O/c1-3-4-13(2)11-18(25)14-7-9-26(10-8-14)19(27)15-5-6-16(17(21)12-15)20(22,23)24/h5-6,11-12,14,18H,3-4,7-10,25H2,1-2H3/b13-11-. The third kappa shape index (κ3) is 5.72. The van der Waals surface area contributed by atoms with Gasteiger partial charge in [-0.3, -0.25) is 4.79 Å². The maximum atomic E-state index is 12.8. The molecule has 1 aliphatic rings. The smallest absolute Gasteiger partial charge is 0.339 e. The highest BCUT2D eigenvalue weighted by atomic mass is 35.5. The molecule has 150 valence electrons. The fourth-order valence-corrected chi connectivity index (χ4v) is 3.78. The Bertz CT molecular complexity index is 695. The van der Waals surface area contributed by atoms with Crippen molar-refractivity contribution in [2.75, 3.05) is 13.1 Å². The van der Waals surface area contributed by atoms with Gasteiger partial charge in [-0.1, -0.05) is 36.6 Å². The number of rotatable bonds is 5. The lowest BCUT2D eigenvalue weighted by molar-refractivity contribution is -0.137. The zero-order chi connectivity index (χ0) is 20.2. The predicted molar refractivity (Wildman–Crippen MR) is 102 cm³/mol. The molecule has 1 aromatic carbocycles. The summed E-state index contributed by atoms with van der Waals surface area (Å²) in [4.78, 5) is 14.3. The second-order valence-electron chi connectivity index (χ2n) is 7.16. The lowest BCUT2D eigenvalue weighted by Gasteiger charge is -2.34. The quantitative estimate of drug-likeness (QED) is 0.680. The highest BCUT2D eigenvalue weighted by molar-refractivity contribution is 6.31. The molecule has 0 radical (unpaired) electrons. The molecular formula is C20H26ClF3N2O.